The maximum atomic E-state index is 12.5. The summed E-state index contributed by atoms with van der Waals surface area (Å²) in [4.78, 5) is 24.4. The lowest BCUT2D eigenvalue weighted by atomic mass is 9.85. The van der Waals surface area contributed by atoms with Gasteiger partial charge in [0.2, 0.25) is 11.0 Å². The van der Waals surface area contributed by atoms with Crippen LogP contribution in [0.25, 0.3) is 0 Å². The van der Waals surface area contributed by atoms with Gasteiger partial charge in [-0.1, -0.05) is 59.9 Å². The smallest absolute Gasteiger partial charge is 0.229 e. The molecule has 0 radical (unpaired) electrons. The van der Waals surface area contributed by atoms with E-state index < -0.39 is 0 Å². The number of carbonyl (C=O) groups is 2. The number of anilines is 1. The summed E-state index contributed by atoms with van der Waals surface area (Å²) in [5.74, 6) is 1.10. The molecule has 1 aliphatic carbocycles. The topological polar surface area (TPSA) is 81.2 Å². The maximum Gasteiger partial charge on any atom is 0.229 e. The summed E-state index contributed by atoms with van der Waals surface area (Å²) in [5.41, 5.74) is 1.71. The molecule has 1 N–H and O–H groups in total. The first kappa shape index (κ1) is 20.6. The minimum absolute atomic E-state index is 0.00450. The van der Waals surface area contributed by atoms with Gasteiger partial charge in [-0.15, -0.1) is 10.2 Å². The lowest BCUT2D eigenvalue weighted by Gasteiger charge is -2.23. The highest BCUT2D eigenvalue weighted by molar-refractivity contribution is 8.01. The molecule has 154 valence electrons. The maximum absolute atomic E-state index is 12.5. The van der Waals surface area contributed by atoms with Crippen molar-refractivity contribution in [2.24, 2.45) is 5.92 Å². The molecule has 4 rings (SSSR count). The second kappa shape index (κ2) is 9.86. The van der Waals surface area contributed by atoms with E-state index >= 15 is 0 Å². The highest BCUT2D eigenvalue weighted by Gasteiger charge is 2.26. The van der Waals surface area contributed by atoms with Crippen molar-refractivity contribution < 1.29 is 14.3 Å². The first-order valence-corrected chi connectivity index (χ1v) is 11.5. The third-order valence-corrected chi connectivity index (χ3v) is 6.84. The Labute approximate surface area is 183 Å². The molecule has 1 aliphatic rings. The zero-order valence-electron chi connectivity index (χ0n) is 16.2. The number of ketones is 1. The van der Waals surface area contributed by atoms with E-state index in [1.54, 1.807) is 24.3 Å². The Kier molecular flexibility index (Phi) is 6.76. The van der Waals surface area contributed by atoms with Gasteiger partial charge >= 0.3 is 0 Å². The predicted octanol–water partition coefficient (Wildman–Crippen LogP) is 4.83. The first-order chi connectivity index (χ1) is 14.7. The zero-order valence-corrected chi connectivity index (χ0v) is 17.9. The quantitative estimate of drug-likeness (QED) is 0.292. The van der Waals surface area contributed by atoms with Gasteiger partial charge in [0.25, 0.3) is 0 Å². The minimum Gasteiger partial charge on any atom is -0.489 e. The molecule has 1 amide bonds. The number of ether oxygens (including phenoxy) is 1. The number of carbonyl (C=O) groups excluding carboxylic acids is 2. The fourth-order valence-corrected chi connectivity index (χ4v) is 4.53. The number of Topliss-reactive ketones (excluding diaryl/α,β-unsaturated/α-hetero) is 1. The van der Waals surface area contributed by atoms with Crippen LogP contribution in [0.15, 0.2) is 58.9 Å². The molecule has 1 aromatic heterocycles. The average Bonchev–Trinajstić information content (AvgIpc) is 3.17. The number of benzene rings is 2. The predicted molar refractivity (Wildman–Crippen MR) is 118 cm³/mol. The third kappa shape index (κ3) is 5.46. The Balaban J connectivity index is 1.24. The van der Waals surface area contributed by atoms with E-state index in [-0.39, 0.29) is 23.4 Å². The van der Waals surface area contributed by atoms with E-state index in [2.05, 4.69) is 15.5 Å². The number of nitrogens with zero attached hydrogens (tertiary/aromatic N) is 2. The summed E-state index contributed by atoms with van der Waals surface area (Å²) in [7, 11) is 0. The second-order valence-corrected chi connectivity index (χ2v) is 9.20. The van der Waals surface area contributed by atoms with E-state index in [4.69, 9.17) is 4.74 Å². The minimum atomic E-state index is 0.00450. The molecule has 0 atom stereocenters. The largest absolute Gasteiger partial charge is 0.489 e. The number of thioether (sulfide) groups is 1. The number of amides is 1. The van der Waals surface area contributed by atoms with Crippen LogP contribution >= 0.6 is 23.1 Å². The van der Waals surface area contributed by atoms with Crippen LogP contribution in [0.5, 0.6) is 5.75 Å². The molecule has 1 saturated carbocycles. The fourth-order valence-electron chi connectivity index (χ4n) is 2.89. The molecular formula is C22H21N3O3S2. The van der Waals surface area contributed by atoms with Gasteiger partial charge in [-0.25, -0.2) is 0 Å². The van der Waals surface area contributed by atoms with Crippen LogP contribution in [-0.4, -0.2) is 27.6 Å². The summed E-state index contributed by atoms with van der Waals surface area (Å²) in [6.07, 6.45) is 2.99. The van der Waals surface area contributed by atoms with Crippen molar-refractivity contribution in [1.29, 1.82) is 0 Å². The van der Waals surface area contributed by atoms with Gasteiger partial charge in [0.15, 0.2) is 10.1 Å². The van der Waals surface area contributed by atoms with Crippen molar-refractivity contribution in [2.75, 3.05) is 11.1 Å². The molecule has 3 aromatic rings. The van der Waals surface area contributed by atoms with Crippen molar-refractivity contribution in [1.82, 2.24) is 10.2 Å². The normalized spacial score (nSPS) is 13.5. The van der Waals surface area contributed by atoms with Gasteiger partial charge in [-0.2, -0.15) is 0 Å². The molecule has 0 spiro atoms. The van der Waals surface area contributed by atoms with Crippen LogP contribution in [0.3, 0.4) is 0 Å². The number of hydrogen-bond donors (Lipinski definition) is 1. The van der Waals surface area contributed by atoms with Crippen LogP contribution in [-0.2, 0) is 11.4 Å². The van der Waals surface area contributed by atoms with Gasteiger partial charge in [-0.3, -0.25) is 9.59 Å². The molecule has 0 aliphatic heterocycles. The molecule has 2 aromatic carbocycles. The molecule has 30 heavy (non-hydrogen) atoms. The van der Waals surface area contributed by atoms with Gasteiger partial charge in [-0.05, 0) is 42.7 Å². The fraction of sp³-hybridized carbons (Fsp3) is 0.273. The Bertz CT molecular complexity index is 1000. The van der Waals surface area contributed by atoms with E-state index in [0.717, 1.165) is 30.6 Å². The summed E-state index contributed by atoms with van der Waals surface area (Å²) < 4.78 is 6.41. The lowest BCUT2D eigenvalue weighted by molar-refractivity contribution is -0.122. The molecule has 6 nitrogen and oxygen atoms in total. The SMILES string of the molecule is O=C(CSc1nnc(NC(=O)C2CCC2)s1)c1ccc(OCc2ccccc2)cc1. The summed E-state index contributed by atoms with van der Waals surface area (Å²) in [6.45, 7) is 0.487. The van der Waals surface area contributed by atoms with Crippen LogP contribution < -0.4 is 10.1 Å². The van der Waals surface area contributed by atoms with Crippen LogP contribution in [0.4, 0.5) is 5.13 Å². The molecule has 1 heterocycles. The van der Waals surface area contributed by atoms with Crippen molar-refractivity contribution in [3.63, 3.8) is 0 Å². The summed E-state index contributed by atoms with van der Waals surface area (Å²) in [6, 6.07) is 17.1. The number of nitrogens with one attached hydrogen (secondary N) is 1. The molecular weight excluding hydrogens is 418 g/mol. The zero-order chi connectivity index (χ0) is 20.8. The average molecular weight is 440 g/mol. The highest BCUT2D eigenvalue weighted by atomic mass is 32.2. The lowest BCUT2D eigenvalue weighted by Crippen LogP contribution is -2.27. The van der Waals surface area contributed by atoms with Gasteiger partial charge in [0.1, 0.15) is 12.4 Å². The summed E-state index contributed by atoms with van der Waals surface area (Å²) >= 11 is 2.62. The first-order valence-electron chi connectivity index (χ1n) is 9.74. The van der Waals surface area contributed by atoms with E-state index in [1.807, 2.05) is 30.3 Å². The molecule has 0 unspecified atom stereocenters. The van der Waals surface area contributed by atoms with Crippen molar-refractivity contribution in [2.45, 2.75) is 30.2 Å². The van der Waals surface area contributed by atoms with Crippen LogP contribution in [0.1, 0.15) is 35.2 Å². The number of hydrogen-bond acceptors (Lipinski definition) is 7. The summed E-state index contributed by atoms with van der Waals surface area (Å²) in [5, 5.41) is 11.3. The molecule has 0 saturated heterocycles. The van der Waals surface area contributed by atoms with E-state index in [9.17, 15) is 9.59 Å². The van der Waals surface area contributed by atoms with Gasteiger partial charge in [0, 0.05) is 11.5 Å². The second-order valence-electron chi connectivity index (χ2n) is 7.00. The standard InChI is InChI=1S/C22H21N3O3S2/c26-19(14-29-22-25-24-21(30-22)23-20(27)17-7-4-8-17)16-9-11-18(12-10-16)28-13-15-5-2-1-3-6-15/h1-3,5-6,9-12,17H,4,7-8,13-14H2,(H,23,24,27). The Morgan fingerprint density at radius 3 is 2.53 bits per heavy atom. The number of rotatable bonds is 9. The molecule has 0 bridgehead atoms. The number of aromatic nitrogens is 2. The van der Waals surface area contributed by atoms with Crippen LogP contribution in [0.2, 0.25) is 0 Å². The van der Waals surface area contributed by atoms with Gasteiger partial charge in [0.05, 0.1) is 5.75 Å². The Hall–Kier alpha value is -2.71. The van der Waals surface area contributed by atoms with Crippen molar-refractivity contribution in [3.05, 3.63) is 65.7 Å². The van der Waals surface area contributed by atoms with E-state index in [1.165, 1.54) is 23.1 Å². The molecule has 1 fully saturated rings. The van der Waals surface area contributed by atoms with Gasteiger partial charge < -0.3 is 10.1 Å². The molecule has 8 heteroatoms. The van der Waals surface area contributed by atoms with Crippen LogP contribution in [0, 0.1) is 5.92 Å². The van der Waals surface area contributed by atoms with Crippen molar-refractivity contribution in [3.8, 4) is 5.75 Å². The Morgan fingerprint density at radius 2 is 1.83 bits per heavy atom. The monoisotopic (exact) mass is 439 g/mol. The van der Waals surface area contributed by atoms with E-state index in [0.29, 0.717) is 21.6 Å². The Morgan fingerprint density at radius 1 is 1.07 bits per heavy atom. The van der Waals surface area contributed by atoms with Crippen molar-refractivity contribution >= 4 is 39.9 Å². The highest BCUT2D eigenvalue weighted by Crippen LogP contribution is 2.30. The third-order valence-electron chi connectivity index (χ3n) is 4.86.